The van der Waals surface area contributed by atoms with Gasteiger partial charge in [-0.05, 0) is 42.7 Å². The lowest BCUT2D eigenvalue weighted by molar-refractivity contribution is -0.152. The van der Waals surface area contributed by atoms with Crippen molar-refractivity contribution >= 4 is 11.9 Å². The number of aliphatic hydroxyl groups is 1. The maximum absolute atomic E-state index is 12.3. The van der Waals surface area contributed by atoms with Gasteiger partial charge in [-0.2, -0.15) is 0 Å². The van der Waals surface area contributed by atoms with Crippen molar-refractivity contribution in [1.29, 1.82) is 0 Å². The lowest BCUT2D eigenvalue weighted by Gasteiger charge is -2.34. The molecule has 134 valence electrons. The Morgan fingerprint density at radius 2 is 2.04 bits per heavy atom. The quantitative estimate of drug-likeness (QED) is 0.357. The number of esters is 2. The highest BCUT2D eigenvalue weighted by atomic mass is 16.7. The van der Waals surface area contributed by atoms with Crippen molar-refractivity contribution in [3.05, 3.63) is 34.6 Å². The van der Waals surface area contributed by atoms with Crippen molar-refractivity contribution < 1.29 is 28.9 Å². The van der Waals surface area contributed by atoms with Gasteiger partial charge in [0.15, 0.2) is 0 Å². The molecule has 0 aromatic heterocycles. The molecule has 1 saturated heterocycles. The number of carbonyl (C=O) groups excluding carboxylic acids is 2. The smallest absolute Gasteiger partial charge is 0.338 e. The number of ether oxygens (including phenoxy) is 3. The van der Waals surface area contributed by atoms with E-state index >= 15 is 0 Å². The molecule has 25 heavy (non-hydrogen) atoms. The summed E-state index contributed by atoms with van der Waals surface area (Å²) in [7, 11) is 0. The average molecular weight is 346 g/mol. The molecule has 0 spiro atoms. The minimum Gasteiger partial charge on any atom is -0.458 e. The van der Waals surface area contributed by atoms with E-state index in [4.69, 9.17) is 14.2 Å². The number of carbonyl (C=O) groups is 2. The molecule has 1 fully saturated rings. The summed E-state index contributed by atoms with van der Waals surface area (Å²) in [5, 5.41) is 10.8. The Morgan fingerprint density at radius 1 is 1.28 bits per heavy atom. The molecule has 0 radical (unpaired) electrons. The van der Waals surface area contributed by atoms with Crippen LogP contribution in [0.5, 0.6) is 0 Å². The van der Waals surface area contributed by atoms with Gasteiger partial charge >= 0.3 is 11.9 Å². The van der Waals surface area contributed by atoms with E-state index in [2.05, 4.69) is 13.8 Å². The Hall–Kier alpha value is -2.08. The molecule has 0 amide bonds. The first-order chi connectivity index (χ1) is 11.8. The third kappa shape index (κ3) is 2.42. The van der Waals surface area contributed by atoms with Crippen LogP contribution in [0.3, 0.4) is 0 Å². The number of rotatable bonds is 2. The van der Waals surface area contributed by atoms with Crippen LogP contribution in [0.4, 0.5) is 0 Å². The average Bonchev–Trinajstić information content (AvgIpc) is 3.11. The molecule has 6 nitrogen and oxygen atoms in total. The molecule has 0 bridgehead atoms. The molecule has 2 aliphatic heterocycles. The van der Waals surface area contributed by atoms with Gasteiger partial charge in [-0.25, -0.2) is 9.59 Å². The van der Waals surface area contributed by atoms with E-state index in [1.165, 1.54) is 6.26 Å². The monoisotopic (exact) mass is 346 g/mol. The lowest BCUT2D eigenvalue weighted by Crippen LogP contribution is -2.27. The van der Waals surface area contributed by atoms with Crippen LogP contribution in [-0.4, -0.2) is 35.5 Å². The normalized spacial score (nSPS) is 37.6. The summed E-state index contributed by atoms with van der Waals surface area (Å²) in [6.45, 7) is 5.90. The Balaban J connectivity index is 1.60. The fourth-order valence-electron chi connectivity index (χ4n) is 4.49. The second-order valence-corrected chi connectivity index (χ2v) is 7.81. The second kappa shape index (κ2) is 5.46. The van der Waals surface area contributed by atoms with E-state index in [1.807, 2.05) is 0 Å². The van der Waals surface area contributed by atoms with Gasteiger partial charge in [0.2, 0.25) is 0 Å². The van der Waals surface area contributed by atoms with Crippen molar-refractivity contribution in [1.82, 2.24) is 0 Å². The molecule has 1 unspecified atom stereocenters. The van der Waals surface area contributed by atoms with Crippen LogP contribution in [0.2, 0.25) is 0 Å². The Labute approximate surface area is 146 Å². The van der Waals surface area contributed by atoms with Gasteiger partial charge in [-0.15, -0.1) is 0 Å². The minimum atomic E-state index is -0.843. The molecular formula is C19H22O6. The summed E-state index contributed by atoms with van der Waals surface area (Å²) in [5.41, 5.74) is 2.75. The zero-order valence-corrected chi connectivity index (χ0v) is 14.6. The zero-order chi connectivity index (χ0) is 17.9. The molecule has 6 heteroatoms. The van der Waals surface area contributed by atoms with Crippen molar-refractivity contribution in [2.45, 2.75) is 58.5 Å². The van der Waals surface area contributed by atoms with E-state index in [-0.39, 0.29) is 5.41 Å². The molecule has 0 saturated carbocycles. The summed E-state index contributed by atoms with van der Waals surface area (Å²) in [6, 6.07) is 0. The second-order valence-electron chi connectivity index (χ2n) is 7.81. The van der Waals surface area contributed by atoms with Gasteiger partial charge in [-0.1, -0.05) is 13.8 Å². The van der Waals surface area contributed by atoms with Gasteiger partial charge in [0.1, 0.15) is 6.10 Å². The number of aliphatic hydroxyl groups excluding tert-OH is 1. The summed E-state index contributed by atoms with van der Waals surface area (Å²) in [6.07, 6.45) is 3.70. The van der Waals surface area contributed by atoms with Crippen LogP contribution >= 0.6 is 0 Å². The summed E-state index contributed by atoms with van der Waals surface area (Å²) in [5.74, 6) is -1.36. The summed E-state index contributed by atoms with van der Waals surface area (Å²) >= 11 is 0. The molecule has 4 rings (SSSR count). The predicted molar refractivity (Wildman–Crippen MR) is 86.8 cm³/mol. The van der Waals surface area contributed by atoms with Gasteiger partial charge in [0.25, 0.3) is 6.29 Å². The first kappa shape index (κ1) is 16.4. The first-order valence-corrected chi connectivity index (χ1v) is 8.67. The lowest BCUT2D eigenvalue weighted by atomic mass is 9.72. The van der Waals surface area contributed by atoms with E-state index in [0.717, 1.165) is 30.4 Å². The standard InChI is InChI=1S/C19H22O6/c1-9-7-12(24-17(9)21)23-8-11-13-15(20)10-5-4-6-19(2,3)14(10)16(13)25-18(11)22/h7-8,12-13,15-16,20H,4-6H2,1-3H3/t12-,13-,15?,16-/m0/s1. The topological polar surface area (TPSA) is 82.1 Å². The number of hydrogen-bond donors (Lipinski definition) is 1. The van der Waals surface area contributed by atoms with Crippen LogP contribution < -0.4 is 0 Å². The minimum absolute atomic E-state index is 0.0919. The molecule has 4 atom stereocenters. The molecule has 0 aromatic carbocycles. The molecule has 4 aliphatic rings. The van der Waals surface area contributed by atoms with Gasteiger partial charge < -0.3 is 19.3 Å². The van der Waals surface area contributed by atoms with Gasteiger partial charge in [0.05, 0.1) is 23.9 Å². The largest absolute Gasteiger partial charge is 0.458 e. The highest BCUT2D eigenvalue weighted by Crippen LogP contribution is 2.54. The van der Waals surface area contributed by atoms with Crippen molar-refractivity contribution in [2.24, 2.45) is 11.3 Å². The third-order valence-corrected chi connectivity index (χ3v) is 5.72. The number of fused-ring (bicyclic) bond motifs is 2. The SMILES string of the molecule is CC1=C[C@@H](OC=C2C(=O)O[C@@H]3C4=C(CCCC4(C)C)C(O)[C@H]23)OC1=O. The highest BCUT2D eigenvalue weighted by Gasteiger charge is 2.56. The van der Waals surface area contributed by atoms with Gasteiger partial charge in [-0.3, -0.25) is 0 Å². The first-order valence-electron chi connectivity index (χ1n) is 8.67. The zero-order valence-electron chi connectivity index (χ0n) is 14.6. The fourth-order valence-corrected chi connectivity index (χ4v) is 4.49. The van der Waals surface area contributed by atoms with E-state index < -0.39 is 36.4 Å². The Morgan fingerprint density at radius 3 is 2.72 bits per heavy atom. The van der Waals surface area contributed by atoms with Crippen LogP contribution in [0, 0.1) is 11.3 Å². The highest BCUT2D eigenvalue weighted by molar-refractivity contribution is 5.93. The summed E-state index contributed by atoms with van der Waals surface area (Å²) in [4.78, 5) is 23.7. The third-order valence-electron chi connectivity index (χ3n) is 5.72. The van der Waals surface area contributed by atoms with Crippen molar-refractivity contribution in [2.75, 3.05) is 0 Å². The van der Waals surface area contributed by atoms with E-state index in [9.17, 15) is 14.7 Å². The molecule has 0 aromatic rings. The number of cyclic esters (lactones) is 1. The van der Waals surface area contributed by atoms with Crippen LogP contribution in [0.15, 0.2) is 34.6 Å². The van der Waals surface area contributed by atoms with E-state index in [0.29, 0.717) is 11.1 Å². The summed E-state index contributed by atoms with van der Waals surface area (Å²) < 4.78 is 16.1. The predicted octanol–water partition coefficient (Wildman–Crippen LogP) is 2.14. The molecular weight excluding hydrogens is 324 g/mol. The van der Waals surface area contributed by atoms with Crippen LogP contribution in [0.25, 0.3) is 0 Å². The fraction of sp³-hybridized carbons (Fsp3) is 0.579. The molecule has 2 heterocycles. The Kier molecular flexibility index (Phi) is 3.58. The maximum atomic E-state index is 12.3. The Bertz CT molecular complexity index is 741. The van der Waals surface area contributed by atoms with E-state index in [1.54, 1.807) is 13.0 Å². The maximum Gasteiger partial charge on any atom is 0.338 e. The van der Waals surface area contributed by atoms with Crippen molar-refractivity contribution in [3.63, 3.8) is 0 Å². The molecule has 2 aliphatic carbocycles. The van der Waals surface area contributed by atoms with Crippen molar-refractivity contribution in [3.8, 4) is 0 Å². The van der Waals surface area contributed by atoms with Gasteiger partial charge in [0, 0.05) is 11.6 Å². The van der Waals surface area contributed by atoms with Crippen LogP contribution in [-0.2, 0) is 23.8 Å². The molecule has 1 N–H and O–H groups in total. The van der Waals surface area contributed by atoms with Crippen LogP contribution in [0.1, 0.15) is 40.0 Å². The number of hydrogen-bond acceptors (Lipinski definition) is 6.